The number of halogens is 2. The highest BCUT2D eigenvalue weighted by Crippen LogP contribution is 2.25. The van der Waals surface area contributed by atoms with Crippen molar-refractivity contribution in [3.8, 4) is 0 Å². The second-order valence-electron chi connectivity index (χ2n) is 4.19. The molecule has 1 aliphatic heterocycles. The lowest BCUT2D eigenvalue weighted by Crippen LogP contribution is -2.09. The molecular formula is C13H11Cl2NO2. The van der Waals surface area contributed by atoms with Crippen molar-refractivity contribution < 1.29 is 9.53 Å². The molecule has 1 aliphatic rings. The standard InChI is InChI=1S/C13H11Cl2NO2/c1-7(2)12-16-11(13(17)18-12)5-8-3-4-9(14)6-10(8)15/h3-7H,1-2H3/b11-5-. The fourth-order valence-electron chi connectivity index (χ4n) is 1.44. The van der Waals surface area contributed by atoms with Crippen molar-refractivity contribution in [3.63, 3.8) is 0 Å². The summed E-state index contributed by atoms with van der Waals surface area (Å²) < 4.78 is 5.04. The zero-order chi connectivity index (χ0) is 13.3. The minimum atomic E-state index is -0.454. The van der Waals surface area contributed by atoms with E-state index in [1.807, 2.05) is 13.8 Å². The number of nitrogens with zero attached hydrogens (tertiary/aromatic N) is 1. The van der Waals surface area contributed by atoms with Crippen LogP contribution in [0.1, 0.15) is 19.4 Å². The fraction of sp³-hybridized carbons (Fsp3) is 0.231. The highest BCUT2D eigenvalue weighted by Gasteiger charge is 2.24. The summed E-state index contributed by atoms with van der Waals surface area (Å²) in [7, 11) is 0. The Labute approximate surface area is 115 Å². The molecule has 1 heterocycles. The summed E-state index contributed by atoms with van der Waals surface area (Å²) in [5.74, 6) is 0.0431. The number of rotatable bonds is 2. The molecule has 18 heavy (non-hydrogen) atoms. The van der Waals surface area contributed by atoms with Crippen LogP contribution in [0.4, 0.5) is 0 Å². The van der Waals surface area contributed by atoms with Crippen molar-refractivity contribution in [2.24, 2.45) is 10.9 Å². The molecule has 0 spiro atoms. The van der Waals surface area contributed by atoms with E-state index in [1.54, 1.807) is 24.3 Å². The van der Waals surface area contributed by atoms with Gasteiger partial charge in [0.15, 0.2) is 5.70 Å². The van der Waals surface area contributed by atoms with Crippen LogP contribution in [0, 0.1) is 5.92 Å². The molecule has 3 nitrogen and oxygen atoms in total. The lowest BCUT2D eigenvalue weighted by molar-refractivity contribution is -0.130. The molecule has 0 fully saturated rings. The average molecular weight is 284 g/mol. The Kier molecular flexibility index (Phi) is 3.73. The van der Waals surface area contributed by atoms with Crippen molar-refractivity contribution in [1.29, 1.82) is 0 Å². The number of aliphatic imine (C=N–C) groups is 1. The predicted molar refractivity (Wildman–Crippen MR) is 72.8 cm³/mol. The van der Waals surface area contributed by atoms with Crippen LogP contribution in [0.25, 0.3) is 6.08 Å². The lowest BCUT2D eigenvalue weighted by Gasteiger charge is -1.99. The van der Waals surface area contributed by atoms with E-state index < -0.39 is 5.97 Å². The highest BCUT2D eigenvalue weighted by atomic mass is 35.5. The van der Waals surface area contributed by atoms with E-state index in [-0.39, 0.29) is 11.6 Å². The first kappa shape index (κ1) is 13.1. The molecule has 2 rings (SSSR count). The Morgan fingerprint density at radius 3 is 2.61 bits per heavy atom. The van der Waals surface area contributed by atoms with Gasteiger partial charge in [0.05, 0.1) is 0 Å². The van der Waals surface area contributed by atoms with Gasteiger partial charge in [-0.05, 0) is 23.8 Å². The normalized spacial score (nSPS) is 17.3. The van der Waals surface area contributed by atoms with Crippen LogP contribution in [0.15, 0.2) is 28.9 Å². The molecule has 0 aliphatic carbocycles. The summed E-state index contributed by atoms with van der Waals surface area (Å²) in [5.41, 5.74) is 0.935. The van der Waals surface area contributed by atoms with Crippen LogP contribution in [-0.4, -0.2) is 11.9 Å². The van der Waals surface area contributed by atoms with Gasteiger partial charge in [0, 0.05) is 16.0 Å². The third-order valence-electron chi connectivity index (χ3n) is 2.39. The molecule has 0 saturated heterocycles. The minimum Gasteiger partial charge on any atom is -0.407 e. The molecule has 0 N–H and O–H groups in total. The van der Waals surface area contributed by atoms with E-state index >= 15 is 0 Å². The first-order valence-corrected chi connectivity index (χ1v) is 6.20. The SMILES string of the molecule is CC(C)C1=N/C(=C\c2ccc(Cl)cc2Cl)C(=O)O1. The summed E-state index contributed by atoms with van der Waals surface area (Å²) in [6, 6.07) is 5.05. The van der Waals surface area contributed by atoms with Gasteiger partial charge in [0.2, 0.25) is 5.90 Å². The molecule has 0 bridgehead atoms. The zero-order valence-electron chi connectivity index (χ0n) is 9.91. The third kappa shape index (κ3) is 2.74. The van der Waals surface area contributed by atoms with Gasteiger partial charge in [0.1, 0.15) is 0 Å². The number of hydrogen-bond donors (Lipinski definition) is 0. The second kappa shape index (κ2) is 5.12. The smallest absolute Gasteiger partial charge is 0.363 e. The maximum atomic E-state index is 11.6. The molecule has 0 saturated carbocycles. The van der Waals surface area contributed by atoms with Gasteiger partial charge < -0.3 is 4.74 Å². The summed E-state index contributed by atoms with van der Waals surface area (Å²) in [6.45, 7) is 3.81. The van der Waals surface area contributed by atoms with E-state index in [4.69, 9.17) is 27.9 Å². The number of carbonyl (C=O) groups excluding carboxylic acids is 1. The molecule has 0 amide bonds. The van der Waals surface area contributed by atoms with Gasteiger partial charge in [-0.25, -0.2) is 9.79 Å². The Bertz CT molecular complexity index is 562. The summed E-state index contributed by atoms with van der Waals surface area (Å²) >= 11 is 11.8. The molecule has 0 atom stereocenters. The van der Waals surface area contributed by atoms with Gasteiger partial charge in [-0.15, -0.1) is 0 Å². The number of carbonyl (C=O) groups is 1. The van der Waals surface area contributed by atoms with Crippen molar-refractivity contribution in [2.45, 2.75) is 13.8 Å². The molecule has 0 aromatic heterocycles. The number of hydrogen-bond acceptors (Lipinski definition) is 3. The molecule has 0 unspecified atom stereocenters. The Balaban J connectivity index is 2.36. The third-order valence-corrected chi connectivity index (χ3v) is 2.95. The largest absolute Gasteiger partial charge is 0.407 e. The molecule has 1 aromatic rings. The summed E-state index contributed by atoms with van der Waals surface area (Å²) in [4.78, 5) is 15.7. The maximum absolute atomic E-state index is 11.6. The summed E-state index contributed by atoms with van der Waals surface area (Å²) in [5, 5.41) is 1.01. The van der Waals surface area contributed by atoms with Gasteiger partial charge in [-0.1, -0.05) is 43.1 Å². The van der Waals surface area contributed by atoms with Crippen LogP contribution < -0.4 is 0 Å². The Hall–Kier alpha value is -1.32. The fourth-order valence-corrected chi connectivity index (χ4v) is 1.90. The molecule has 1 aromatic carbocycles. The van der Waals surface area contributed by atoms with E-state index in [0.717, 1.165) is 0 Å². The van der Waals surface area contributed by atoms with E-state index in [1.165, 1.54) is 0 Å². The van der Waals surface area contributed by atoms with Crippen LogP contribution in [-0.2, 0) is 9.53 Å². The maximum Gasteiger partial charge on any atom is 0.363 e. The Morgan fingerprint density at radius 2 is 2.06 bits per heavy atom. The van der Waals surface area contributed by atoms with Crippen LogP contribution in [0.3, 0.4) is 0 Å². The van der Waals surface area contributed by atoms with Gasteiger partial charge in [-0.3, -0.25) is 0 Å². The van der Waals surface area contributed by atoms with Crippen molar-refractivity contribution in [1.82, 2.24) is 0 Å². The van der Waals surface area contributed by atoms with Crippen molar-refractivity contribution in [3.05, 3.63) is 39.5 Å². The summed E-state index contributed by atoms with van der Waals surface area (Å²) in [6.07, 6.45) is 1.59. The van der Waals surface area contributed by atoms with Crippen LogP contribution in [0.5, 0.6) is 0 Å². The first-order valence-electron chi connectivity index (χ1n) is 5.45. The first-order chi connectivity index (χ1) is 8.47. The van der Waals surface area contributed by atoms with Gasteiger partial charge in [0.25, 0.3) is 0 Å². The number of benzene rings is 1. The topological polar surface area (TPSA) is 38.7 Å². The lowest BCUT2D eigenvalue weighted by atomic mass is 10.2. The zero-order valence-corrected chi connectivity index (χ0v) is 11.4. The monoisotopic (exact) mass is 283 g/mol. The minimum absolute atomic E-state index is 0.0699. The van der Waals surface area contributed by atoms with Crippen LogP contribution >= 0.6 is 23.2 Å². The molecular weight excluding hydrogens is 273 g/mol. The van der Waals surface area contributed by atoms with E-state index in [2.05, 4.69) is 4.99 Å². The van der Waals surface area contributed by atoms with Crippen molar-refractivity contribution in [2.75, 3.05) is 0 Å². The number of esters is 1. The number of ether oxygens (including phenoxy) is 1. The van der Waals surface area contributed by atoms with Crippen LogP contribution in [0.2, 0.25) is 10.0 Å². The molecule has 5 heteroatoms. The second-order valence-corrected chi connectivity index (χ2v) is 5.03. The molecule has 94 valence electrons. The average Bonchev–Trinajstić information content (AvgIpc) is 2.64. The Morgan fingerprint density at radius 1 is 1.33 bits per heavy atom. The quantitative estimate of drug-likeness (QED) is 0.609. The number of cyclic esters (lactones) is 1. The predicted octanol–water partition coefficient (Wildman–Crippen LogP) is 3.95. The van der Waals surface area contributed by atoms with E-state index in [0.29, 0.717) is 21.5 Å². The van der Waals surface area contributed by atoms with Gasteiger partial charge >= 0.3 is 5.97 Å². The van der Waals surface area contributed by atoms with Crippen molar-refractivity contribution >= 4 is 41.1 Å². The van der Waals surface area contributed by atoms with Gasteiger partial charge in [-0.2, -0.15) is 0 Å². The molecule has 0 radical (unpaired) electrons. The van der Waals surface area contributed by atoms with E-state index in [9.17, 15) is 4.79 Å². The highest BCUT2D eigenvalue weighted by molar-refractivity contribution is 6.35.